The molecule has 0 spiro atoms. The van der Waals surface area contributed by atoms with E-state index in [1.165, 1.54) is 13.3 Å². The van der Waals surface area contributed by atoms with Crippen LogP contribution in [0, 0.1) is 11.8 Å². The van der Waals surface area contributed by atoms with Crippen LogP contribution >= 0.6 is 23.2 Å². The standard InChI is InChI=1S/C26H33Cl2N5O4/c1-26(2)11-16(6-8-37-26)12-30-22-14-31-24(28)23(32-22)19-9-18(29-13-20(19)27)10-21(34)17-5-4-7-33(15-17)25(35)36-3/h9,13-14,16-17H,4-8,10-12,15H2,1-3H3,(H,30,32)/t16-,17+/m1/s1. The minimum absolute atomic E-state index is 0.0151. The first-order valence-electron chi connectivity index (χ1n) is 12.6. The van der Waals surface area contributed by atoms with E-state index < -0.39 is 6.09 Å². The normalized spacial score (nSPS) is 21.4. The number of carbonyl (C=O) groups is 2. The fraction of sp³-hybridized carbons (Fsp3) is 0.577. The van der Waals surface area contributed by atoms with E-state index in [2.05, 4.69) is 34.1 Å². The van der Waals surface area contributed by atoms with Gasteiger partial charge in [-0.25, -0.2) is 14.8 Å². The highest BCUT2D eigenvalue weighted by Gasteiger charge is 2.30. The Labute approximate surface area is 227 Å². The van der Waals surface area contributed by atoms with Gasteiger partial charge in [-0.1, -0.05) is 23.2 Å². The van der Waals surface area contributed by atoms with Crippen LogP contribution in [0.4, 0.5) is 10.6 Å². The van der Waals surface area contributed by atoms with Crippen molar-refractivity contribution in [3.05, 3.63) is 34.3 Å². The molecule has 9 nitrogen and oxygen atoms in total. The van der Waals surface area contributed by atoms with E-state index in [0.29, 0.717) is 46.8 Å². The lowest BCUT2D eigenvalue weighted by atomic mass is 9.88. The van der Waals surface area contributed by atoms with Gasteiger partial charge in [0.2, 0.25) is 0 Å². The maximum Gasteiger partial charge on any atom is 0.409 e. The summed E-state index contributed by atoms with van der Waals surface area (Å²) in [4.78, 5) is 39.8. The lowest BCUT2D eigenvalue weighted by molar-refractivity contribution is -0.123. The van der Waals surface area contributed by atoms with Crippen LogP contribution in [0.2, 0.25) is 10.2 Å². The van der Waals surface area contributed by atoms with Crippen molar-refractivity contribution in [2.45, 2.75) is 51.6 Å². The first kappa shape index (κ1) is 27.5. The number of likely N-dealkylation sites (tertiary alicyclic amines) is 1. The number of aromatic nitrogens is 3. The summed E-state index contributed by atoms with van der Waals surface area (Å²) < 4.78 is 10.6. The predicted octanol–water partition coefficient (Wildman–Crippen LogP) is 5.05. The van der Waals surface area contributed by atoms with Crippen molar-refractivity contribution in [1.29, 1.82) is 0 Å². The molecule has 1 N–H and O–H groups in total. The van der Waals surface area contributed by atoms with E-state index in [9.17, 15) is 9.59 Å². The zero-order valence-corrected chi connectivity index (χ0v) is 22.9. The van der Waals surface area contributed by atoms with E-state index in [0.717, 1.165) is 38.8 Å². The number of rotatable bonds is 7. The van der Waals surface area contributed by atoms with Crippen LogP contribution in [0.25, 0.3) is 11.3 Å². The molecule has 2 aliphatic rings. The van der Waals surface area contributed by atoms with Crippen LogP contribution in [-0.4, -0.2) is 70.7 Å². The van der Waals surface area contributed by atoms with E-state index in [4.69, 9.17) is 32.7 Å². The molecule has 2 saturated heterocycles. The highest BCUT2D eigenvalue weighted by Crippen LogP contribution is 2.33. The molecule has 2 aromatic rings. The SMILES string of the molecule is COC(=O)N1CCC[C@H](C(=O)Cc2cc(-c3nc(NC[C@@H]4CCOC(C)(C)C4)cnc3Cl)c(Cl)cn2)C1. The molecule has 2 atom stereocenters. The van der Waals surface area contributed by atoms with Crippen LogP contribution in [-0.2, 0) is 20.7 Å². The van der Waals surface area contributed by atoms with Crippen molar-refractivity contribution < 1.29 is 19.1 Å². The number of ketones is 1. The van der Waals surface area contributed by atoms with Gasteiger partial charge in [0.15, 0.2) is 5.15 Å². The molecule has 2 aliphatic heterocycles. The number of hydrogen-bond donors (Lipinski definition) is 1. The Hall–Kier alpha value is -2.49. The number of carbonyl (C=O) groups excluding carboxylic acids is 2. The number of hydrogen-bond acceptors (Lipinski definition) is 8. The minimum atomic E-state index is -0.411. The number of ether oxygens (including phenoxy) is 2. The molecule has 0 unspecified atom stereocenters. The number of nitrogens with zero attached hydrogens (tertiary/aromatic N) is 4. The second-order valence-corrected chi connectivity index (χ2v) is 11.1. The lowest BCUT2D eigenvalue weighted by Gasteiger charge is -2.35. The Bertz CT molecular complexity index is 1150. The first-order valence-corrected chi connectivity index (χ1v) is 13.3. The molecule has 0 aliphatic carbocycles. The number of anilines is 1. The molecule has 0 aromatic carbocycles. The Balaban J connectivity index is 1.46. The molecular weight excluding hydrogens is 517 g/mol. The highest BCUT2D eigenvalue weighted by molar-refractivity contribution is 6.35. The Morgan fingerprint density at radius 3 is 2.81 bits per heavy atom. The van der Waals surface area contributed by atoms with Gasteiger partial charge >= 0.3 is 6.09 Å². The maximum absolute atomic E-state index is 13.0. The third-order valence-electron chi connectivity index (χ3n) is 6.93. The summed E-state index contributed by atoms with van der Waals surface area (Å²) >= 11 is 12.9. The van der Waals surface area contributed by atoms with Gasteiger partial charge in [0.1, 0.15) is 17.3 Å². The van der Waals surface area contributed by atoms with Crippen LogP contribution in [0.5, 0.6) is 0 Å². The van der Waals surface area contributed by atoms with Gasteiger partial charge in [0.05, 0.1) is 23.9 Å². The van der Waals surface area contributed by atoms with Gasteiger partial charge < -0.3 is 19.7 Å². The number of nitrogens with one attached hydrogen (secondary N) is 1. The number of piperidine rings is 1. The molecule has 4 heterocycles. The lowest BCUT2D eigenvalue weighted by Crippen LogP contribution is -2.42. The summed E-state index contributed by atoms with van der Waals surface area (Å²) in [6.07, 6.45) is 6.23. The molecule has 1 amide bonds. The second-order valence-electron chi connectivity index (χ2n) is 10.3. The molecule has 4 rings (SSSR count). The molecular formula is C26H33Cl2N5O4. The molecule has 2 fully saturated rings. The zero-order valence-electron chi connectivity index (χ0n) is 21.4. The predicted molar refractivity (Wildman–Crippen MR) is 142 cm³/mol. The van der Waals surface area contributed by atoms with Gasteiger partial charge in [-0.2, -0.15) is 0 Å². The van der Waals surface area contributed by atoms with Gasteiger partial charge in [0.25, 0.3) is 0 Å². The summed E-state index contributed by atoms with van der Waals surface area (Å²) in [6.45, 7) is 6.64. The number of pyridine rings is 1. The van der Waals surface area contributed by atoms with Crippen molar-refractivity contribution in [2.75, 3.05) is 38.7 Å². The smallest absolute Gasteiger partial charge is 0.409 e. The molecule has 37 heavy (non-hydrogen) atoms. The van der Waals surface area contributed by atoms with E-state index >= 15 is 0 Å². The van der Waals surface area contributed by atoms with Gasteiger partial charge in [-0.15, -0.1) is 0 Å². The van der Waals surface area contributed by atoms with E-state index in [-0.39, 0.29) is 28.9 Å². The van der Waals surface area contributed by atoms with Gasteiger partial charge in [-0.05, 0) is 51.5 Å². The molecule has 0 bridgehead atoms. The number of amides is 1. The molecule has 11 heteroatoms. The van der Waals surface area contributed by atoms with E-state index in [1.807, 2.05) is 0 Å². The Morgan fingerprint density at radius 1 is 1.24 bits per heavy atom. The fourth-order valence-corrected chi connectivity index (χ4v) is 5.42. The number of halogens is 2. The van der Waals surface area contributed by atoms with Gasteiger partial charge in [-0.3, -0.25) is 9.78 Å². The van der Waals surface area contributed by atoms with E-state index in [1.54, 1.807) is 17.2 Å². The Morgan fingerprint density at radius 2 is 2.05 bits per heavy atom. The van der Waals surface area contributed by atoms with Crippen LogP contribution in [0.15, 0.2) is 18.5 Å². The monoisotopic (exact) mass is 549 g/mol. The third kappa shape index (κ3) is 7.09. The fourth-order valence-electron chi connectivity index (χ4n) is 5.03. The first-order chi connectivity index (χ1) is 17.6. The van der Waals surface area contributed by atoms with Crippen molar-refractivity contribution in [2.24, 2.45) is 11.8 Å². The Kier molecular flexibility index (Phi) is 8.87. The number of Topliss-reactive ketones (excluding diaryl/α,β-unsaturated/α-hetero) is 1. The molecule has 200 valence electrons. The summed E-state index contributed by atoms with van der Waals surface area (Å²) in [7, 11) is 1.34. The maximum atomic E-state index is 13.0. The topological polar surface area (TPSA) is 107 Å². The minimum Gasteiger partial charge on any atom is -0.453 e. The quantitative estimate of drug-likeness (QED) is 0.511. The molecule has 0 radical (unpaired) electrons. The van der Waals surface area contributed by atoms with Crippen LogP contribution in [0.3, 0.4) is 0 Å². The average molecular weight is 550 g/mol. The summed E-state index contributed by atoms with van der Waals surface area (Å²) in [5.74, 6) is 0.808. The van der Waals surface area contributed by atoms with Gasteiger partial charge in [0, 0.05) is 56.0 Å². The summed E-state index contributed by atoms with van der Waals surface area (Å²) in [5.41, 5.74) is 1.41. The van der Waals surface area contributed by atoms with Crippen molar-refractivity contribution in [3.8, 4) is 11.3 Å². The second kappa shape index (κ2) is 11.9. The van der Waals surface area contributed by atoms with Crippen molar-refractivity contribution >= 4 is 40.9 Å². The largest absolute Gasteiger partial charge is 0.453 e. The molecule has 0 saturated carbocycles. The average Bonchev–Trinajstić information content (AvgIpc) is 2.88. The van der Waals surface area contributed by atoms with Crippen molar-refractivity contribution in [1.82, 2.24) is 19.9 Å². The zero-order chi connectivity index (χ0) is 26.6. The molecule has 2 aromatic heterocycles. The summed E-state index contributed by atoms with van der Waals surface area (Å²) in [5, 5.41) is 3.95. The number of methoxy groups -OCH3 is 1. The summed E-state index contributed by atoms with van der Waals surface area (Å²) in [6, 6.07) is 1.74. The van der Waals surface area contributed by atoms with Crippen LogP contribution in [0.1, 0.15) is 45.2 Å². The van der Waals surface area contributed by atoms with Crippen LogP contribution < -0.4 is 5.32 Å². The third-order valence-corrected chi connectivity index (χ3v) is 7.51. The van der Waals surface area contributed by atoms with Crippen molar-refractivity contribution in [3.63, 3.8) is 0 Å². The highest BCUT2D eigenvalue weighted by atomic mass is 35.5.